The first-order valence-electron chi connectivity index (χ1n) is 19.4. The highest BCUT2D eigenvalue weighted by atomic mass is 28.3. The van der Waals surface area contributed by atoms with Crippen LogP contribution in [0.5, 0.6) is 0 Å². The normalized spacial score (nSPS) is 11.7. The van der Waals surface area contributed by atoms with Gasteiger partial charge in [0.25, 0.3) is 0 Å². The molecule has 0 atom stereocenters. The van der Waals surface area contributed by atoms with Crippen molar-refractivity contribution in [3.8, 4) is 0 Å². The molecule has 10 aromatic rings. The lowest BCUT2D eigenvalue weighted by Gasteiger charge is -2.31. The Morgan fingerprint density at radius 3 is 0.964 bits per heavy atom. The molecular formula is C53H40N2Si. The van der Waals surface area contributed by atoms with Crippen molar-refractivity contribution in [3.05, 3.63) is 224 Å². The maximum absolute atomic E-state index is 2.48. The molecule has 10 aromatic carbocycles. The maximum Gasteiger partial charge on any atom is 0.145 e. The summed E-state index contributed by atoms with van der Waals surface area (Å²) in [5.41, 5.74) is 6.84. The topological polar surface area (TPSA) is 6.48 Å². The van der Waals surface area contributed by atoms with Crippen LogP contribution in [0.4, 0.5) is 34.1 Å². The molecule has 2 nitrogen and oxygen atoms in total. The van der Waals surface area contributed by atoms with Gasteiger partial charge in [0.1, 0.15) is 8.07 Å². The van der Waals surface area contributed by atoms with Crippen molar-refractivity contribution in [2.75, 3.05) is 9.80 Å². The van der Waals surface area contributed by atoms with Crippen molar-refractivity contribution in [1.29, 1.82) is 0 Å². The van der Waals surface area contributed by atoms with E-state index in [1.54, 1.807) is 0 Å². The van der Waals surface area contributed by atoms with E-state index in [9.17, 15) is 0 Å². The van der Waals surface area contributed by atoms with E-state index in [-0.39, 0.29) is 0 Å². The van der Waals surface area contributed by atoms with E-state index in [1.807, 2.05) is 0 Å². The number of nitrogens with zero attached hydrogens (tertiary/aromatic N) is 2. The van der Waals surface area contributed by atoms with Gasteiger partial charge in [-0.15, -0.1) is 0 Å². The Balaban J connectivity index is 1.16. The van der Waals surface area contributed by atoms with E-state index >= 15 is 0 Å². The summed E-state index contributed by atoms with van der Waals surface area (Å²) in [6.45, 7) is 2.48. The zero-order chi connectivity index (χ0) is 37.5. The summed E-state index contributed by atoms with van der Waals surface area (Å²) in [6.07, 6.45) is 0. The molecule has 0 spiro atoms. The molecule has 0 bridgehead atoms. The Kier molecular flexibility index (Phi) is 8.43. The molecule has 3 heteroatoms. The van der Waals surface area contributed by atoms with Crippen LogP contribution in [0.2, 0.25) is 6.55 Å². The van der Waals surface area contributed by atoms with Crippen LogP contribution in [0, 0.1) is 0 Å². The van der Waals surface area contributed by atoms with E-state index in [0.29, 0.717) is 0 Å². The smallest absolute Gasteiger partial charge is 0.145 e. The molecule has 0 aliphatic carbocycles. The molecule has 0 radical (unpaired) electrons. The van der Waals surface area contributed by atoms with Gasteiger partial charge < -0.3 is 9.80 Å². The molecule has 0 fully saturated rings. The number of benzene rings is 10. The Hall–Kier alpha value is -6.94. The summed E-state index contributed by atoms with van der Waals surface area (Å²) < 4.78 is 0. The quantitative estimate of drug-likeness (QED) is 0.0828. The van der Waals surface area contributed by atoms with Crippen LogP contribution in [0.1, 0.15) is 0 Å². The minimum Gasteiger partial charge on any atom is -0.310 e. The van der Waals surface area contributed by atoms with Crippen LogP contribution in [-0.4, -0.2) is 8.07 Å². The molecule has 0 saturated carbocycles. The number of hydrogen-bond donors (Lipinski definition) is 0. The predicted octanol–water partition coefficient (Wildman–Crippen LogP) is 12.6. The van der Waals surface area contributed by atoms with E-state index in [1.165, 1.54) is 47.9 Å². The third-order valence-corrected chi connectivity index (χ3v) is 16.0. The largest absolute Gasteiger partial charge is 0.310 e. The first-order valence-corrected chi connectivity index (χ1v) is 21.9. The number of para-hydroxylation sites is 3. The Bertz CT molecular complexity index is 2820. The second-order valence-corrected chi connectivity index (χ2v) is 18.7. The second kappa shape index (κ2) is 14.0. The van der Waals surface area contributed by atoms with Crippen LogP contribution in [0.25, 0.3) is 32.3 Å². The van der Waals surface area contributed by atoms with Crippen LogP contribution in [0.3, 0.4) is 0 Å². The molecule has 0 N–H and O–H groups in total. The lowest BCUT2D eigenvalue weighted by molar-refractivity contribution is 1.30. The van der Waals surface area contributed by atoms with Crippen molar-refractivity contribution < 1.29 is 0 Å². The molecule has 0 saturated heterocycles. The molecular weight excluding hydrogens is 693 g/mol. The maximum atomic E-state index is 2.48. The summed E-state index contributed by atoms with van der Waals surface area (Å²) in [5, 5.41) is 11.7. The average molecular weight is 733 g/mol. The molecule has 0 aliphatic rings. The van der Waals surface area contributed by atoms with Gasteiger partial charge in [0, 0.05) is 33.5 Å². The minimum absolute atomic E-state index is 1.13. The first kappa shape index (κ1) is 33.6. The third-order valence-electron chi connectivity index (χ3n) is 11.5. The molecule has 10 rings (SSSR count). The SMILES string of the molecule is C[Si](c1ccccc1)(c1ccccc1)c1ccc(N(c2ccccc2)c2ccc3ccc4c(N(c5ccccc5)c5ccccc5)ccc5ccc2c3c54)cc1. The van der Waals surface area contributed by atoms with Gasteiger partial charge in [0.15, 0.2) is 0 Å². The molecule has 0 amide bonds. The van der Waals surface area contributed by atoms with Crippen LogP contribution in [0.15, 0.2) is 224 Å². The summed E-state index contributed by atoms with van der Waals surface area (Å²) in [6, 6.07) is 82.1. The summed E-state index contributed by atoms with van der Waals surface area (Å²) >= 11 is 0. The molecule has 0 aromatic heterocycles. The third kappa shape index (κ3) is 5.64. The van der Waals surface area contributed by atoms with Crippen molar-refractivity contribution in [3.63, 3.8) is 0 Å². The minimum atomic E-state index is -2.27. The standard InChI is InChI=1S/C53H40N2Si/c1-56(45-23-13-5-14-24-45,46-25-15-6-16-26-46)47-33-31-44(32-34-47)55(43-21-11-4-12-22-43)51-38-30-40-27-35-48-50(37-29-39-28-36-49(51)53(40)52(39)48)54(41-17-7-2-8-18-41)42-19-9-3-10-20-42/h2-38H,1H3. The zero-order valence-corrected chi connectivity index (χ0v) is 32.3. The van der Waals surface area contributed by atoms with Crippen LogP contribution >= 0.6 is 0 Å². The van der Waals surface area contributed by atoms with Gasteiger partial charge >= 0.3 is 0 Å². The van der Waals surface area contributed by atoms with Gasteiger partial charge in [-0.1, -0.05) is 170 Å². The summed E-state index contributed by atoms with van der Waals surface area (Å²) in [5.74, 6) is 0. The molecule has 0 aliphatic heterocycles. The molecule has 266 valence electrons. The van der Waals surface area contributed by atoms with Gasteiger partial charge in [-0.2, -0.15) is 0 Å². The van der Waals surface area contributed by atoms with Gasteiger partial charge in [0.2, 0.25) is 0 Å². The highest BCUT2D eigenvalue weighted by Gasteiger charge is 2.34. The number of rotatable bonds is 9. The fourth-order valence-electron chi connectivity index (χ4n) is 8.73. The second-order valence-electron chi connectivity index (χ2n) is 14.7. The molecule has 0 heterocycles. The fourth-order valence-corrected chi connectivity index (χ4v) is 12.3. The summed E-state index contributed by atoms with van der Waals surface area (Å²) in [7, 11) is -2.27. The van der Waals surface area contributed by atoms with Crippen molar-refractivity contribution >= 4 is 90.1 Å². The van der Waals surface area contributed by atoms with Gasteiger partial charge in [-0.25, -0.2) is 0 Å². The predicted molar refractivity (Wildman–Crippen MR) is 243 cm³/mol. The molecule has 56 heavy (non-hydrogen) atoms. The number of hydrogen-bond acceptors (Lipinski definition) is 2. The van der Waals surface area contributed by atoms with E-state index < -0.39 is 8.07 Å². The fraction of sp³-hybridized carbons (Fsp3) is 0.0189. The van der Waals surface area contributed by atoms with Crippen LogP contribution in [-0.2, 0) is 0 Å². The van der Waals surface area contributed by atoms with Crippen LogP contribution < -0.4 is 25.4 Å². The van der Waals surface area contributed by atoms with Crippen molar-refractivity contribution in [2.24, 2.45) is 0 Å². The van der Waals surface area contributed by atoms with Gasteiger partial charge in [0.05, 0.1) is 11.4 Å². The average Bonchev–Trinajstić information content (AvgIpc) is 3.28. The van der Waals surface area contributed by atoms with E-state index in [4.69, 9.17) is 0 Å². The highest BCUT2D eigenvalue weighted by molar-refractivity contribution is 7.10. The van der Waals surface area contributed by atoms with E-state index in [2.05, 4.69) is 241 Å². The van der Waals surface area contributed by atoms with Crippen molar-refractivity contribution in [2.45, 2.75) is 6.55 Å². The van der Waals surface area contributed by atoms with Gasteiger partial charge in [-0.3, -0.25) is 0 Å². The first-order chi connectivity index (χ1) is 27.7. The lowest BCUT2D eigenvalue weighted by Crippen LogP contribution is -2.64. The van der Waals surface area contributed by atoms with Crippen molar-refractivity contribution in [1.82, 2.24) is 0 Å². The highest BCUT2D eigenvalue weighted by Crippen LogP contribution is 2.47. The Morgan fingerprint density at radius 2 is 0.589 bits per heavy atom. The Labute approximate surface area is 329 Å². The lowest BCUT2D eigenvalue weighted by atomic mass is 9.91. The zero-order valence-electron chi connectivity index (χ0n) is 31.3. The van der Waals surface area contributed by atoms with Gasteiger partial charge in [-0.05, 0) is 97.8 Å². The summed E-state index contributed by atoms with van der Waals surface area (Å²) in [4.78, 5) is 4.81. The molecule has 0 unspecified atom stereocenters. The number of anilines is 6. The Morgan fingerprint density at radius 1 is 0.286 bits per heavy atom. The van der Waals surface area contributed by atoms with E-state index in [0.717, 1.165) is 34.1 Å². The monoisotopic (exact) mass is 732 g/mol.